The van der Waals surface area contributed by atoms with Crippen LogP contribution in [0.4, 0.5) is 0 Å². The Bertz CT molecular complexity index is 2000. The number of thiol groups is 1. The van der Waals surface area contributed by atoms with Crippen LogP contribution in [-0.4, -0.2) is 26.0 Å². The maximum atomic E-state index is 9.20. The zero-order chi connectivity index (χ0) is 27.2. The number of para-hydroxylation sites is 3. The molecule has 0 radical (unpaired) electrons. The van der Waals surface area contributed by atoms with E-state index in [4.69, 9.17) is 9.97 Å². The first-order valence-corrected chi connectivity index (χ1v) is 13.7. The van der Waals surface area contributed by atoms with Gasteiger partial charge in [-0.15, -0.1) is 0 Å². The molecule has 0 fully saturated rings. The number of allylic oxidation sites excluding steroid dienone is 1. The van der Waals surface area contributed by atoms with E-state index in [-0.39, 0.29) is 0 Å². The second-order valence-electron chi connectivity index (χ2n) is 9.77. The second-order valence-corrected chi connectivity index (χ2v) is 9.97. The predicted molar refractivity (Wildman–Crippen MR) is 169 cm³/mol. The van der Waals surface area contributed by atoms with Crippen LogP contribution in [0.2, 0.25) is 0 Å². The van der Waals surface area contributed by atoms with Crippen molar-refractivity contribution >= 4 is 57.8 Å². The van der Waals surface area contributed by atoms with E-state index in [1.165, 1.54) is 0 Å². The van der Waals surface area contributed by atoms with E-state index < -0.39 is 0 Å². The van der Waals surface area contributed by atoms with E-state index in [1.54, 1.807) is 0 Å². The Morgan fingerprint density at radius 1 is 0.775 bits per heavy atom. The molecular weight excluding hydrogens is 510 g/mol. The molecule has 1 N–H and O–H groups in total. The van der Waals surface area contributed by atoms with Crippen molar-refractivity contribution in [3.05, 3.63) is 126 Å². The summed E-state index contributed by atoms with van der Waals surface area (Å²) in [5.74, 6) is 1.02. The molecule has 6 aromatic rings. The maximum absolute atomic E-state index is 9.20. The molecule has 6 heteroatoms. The number of nitrogens with one attached hydrogen (secondary N) is 1. The summed E-state index contributed by atoms with van der Waals surface area (Å²) in [7, 11) is 0. The fourth-order valence-electron chi connectivity index (χ4n) is 5.63. The number of imidazole rings is 1. The number of pyridine rings is 1. The van der Waals surface area contributed by atoms with Crippen molar-refractivity contribution in [2.75, 3.05) is 0 Å². The Labute approximate surface area is 237 Å². The van der Waals surface area contributed by atoms with E-state index in [2.05, 4.69) is 77.2 Å². The van der Waals surface area contributed by atoms with Crippen LogP contribution in [0, 0.1) is 5.41 Å². The normalized spacial score (nSPS) is 14.1. The Morgan fingerprint density at radius 3 is 2.23 bits per heavy atom. The first-order valence-electron chi connectivity index (χ1n) is 13.3. The van der Waals surface area contributed by atoms with Gasteiger partial charge in [-0.1, -0.05) is 79.7 Å². The summed E-state index contributed by atoms with van der Waals surface area (Å²) >= 11 is 4.35. The molecule has 192 valence electrons. The quantitative estimate of drug-likeness (QED) is 0.225. The molecule has 0 aliphatic heterocycles. The fraction of sp³-hybridized carbons (Fsp3) is 0.0588. The predicted octanol–water partition coefficient (Wildman–Crippen LogP) is 8.01. The summed E-state index contributed by atoms with van der Waals surface area (Å²) < 4.78 is 6.56. The molecule has 0 atom stereocenters. The van der Waals surface area contributed by atoms with Gasteiger partial charge in [-0.25, -0.2) is 14.4 Å². The van der Waals surface area contributed by atoms with Crippen molar-refractivity contribution in [3.8, 4) is 16.9 Å². The zero-order valence-electron chi connectivity index (χ0n) is 21.8. The number of hydrogen-bond acceptors (Lipinski definition) is 5. The highest BCUT2D eigenvalue weighted by atomic mass is 32.1. The molecule has 0 saturated carbocycles. The van der Waals surface area contributed by atoms with Gasteiger partial charge in [-0.2, -0.15) is 0 Å². The Hall–Kier alpha value is -4.81. The summed E-state index contributed by atoms with van der Waals surface area (Å²) in [5.41, 5.74) is 10.3. The van der Waals surface area contributed by atoms with E-state index in [1.807, 2.05) is 60.7 Å². The number of nitrogens with zero attached hydrogens (tertiary/aromatic N) is 4. The molecule has 1 aliphatic rings. The smallest absolute Gasteiger partial charge is 0.114 e. The van der Waals surface area contributed by atoms with Crippen molar-refractivity contribution in [2.45, 2.75) is 13.3 Å². The van der Waals surface area contributed by atoms with Gasteiger partial charge in [0.1, 0.15) is 11.5 Å². The molecule has 40 heavy (non-hydrogen) atoms. The lowest BCUT2D eigenvalue weighted by molar-refractivity contribution is 0.908. The fourth-order valence-corrected chi connectivity index (χ4v) is 5.83. The first-order chi connectivity index (χ1) is 19.7. The highest BCUT2D eigenvalue weighted by molar-refractivity contribution is 7.79. The average Bonchev–Trinajstić information content (AvgIpc) is 3.40. The molecule has 0 amide bonds. The third-order valence-corrected chi connectivity index (χ3v) is 7.69. The van der Waals surface area contributed by atoms with Crippen molar-refractivity contribution in [1.29, 1.82) is 5.41 Å². The number of fused-ring (bicyclic) bond motifs is 4. The molecule has 4 aromatic carbocycles. The number of benzene rings is 4. The monoisotopic (exact) mass is 535 g/mol. The first kappa shape index (κ1) is 24.2. The number of rotatable bonds is 4. The van der Waals surface area contributed by atoms with Crippen LogP contribution in [0.3, 0.4) is 0 Å². The van der Waals surface area contributed by atoms with Crippen molar-refractivity contribution in [2.24, 2.45) is 4.40 Å². The topological polar surface area (TPSA) is 66.9 Å². The zero-order valence-corrected chi connectivity index (χ0v) is 22.7. The summed E-state index contributed by atoms with van der Waals surface area (Å²) in [5, 5.41) is 10.2. The number of aryl methyl sites for hydroxylation is 1. The van der Waals surface area contributed by atoms with E-state index >= 15 is 0 Å². The minimum Gasteiger partial charge on any atom is -0.298 e. The Balaban J connectivity index is 1.42. The molecule has 1 aliphatic carbocycles. The summed E-state index contributed by atoms with van der Waals surface area (Å²) in [4.78, 5) is 9.90. The lowest BCUT2D eigenvalue weighted by atomic mass is 9.82. The standard InChI is InChI=1S/C34H25N5S/c1-2-30-36-28-14-8-9-15-29(28)39(30)23-18-16-21(17-19-23)25-20-26-31(34(38-40)32(25)35)24-12-6-7-13-27(24)37-33(26)22-10-4-3-5-11-22/h3-20,35,40H,2H2,1H3. The van der Waals surface area contributed by atoms with Crippen LogP contribution >= 0.6 is 12.8 Å². The molecule has 2 heterocycles. The molecule has 7 rings (SSSR count). The lowest BCUT2D eigenvalue weighted by Gasteiger charge is -2.23. The minimum absolute atomic E-state index is 0.341. The number of hydrogen-bond donors (Lipinski definition) is 2. The van der Waals surface area contributed by atoms with Gasteiger partial charge in [0.2, 0.25) is 0 Å². The summed E-state index contributed by atoms with van der Waals surface area (Å²) in [6, 6.07) is 34.7. The maximum Gasteiger partial charge on any atom is 0.114 e. The lowest BCUT2D eigenvalue weighted by Crippen LogP contribution is -2.22. The van der Waals surface area contributed by atoms with E-state index in [0.29, 0.717) is 11.4 Å². The average molecular weight is 536 g/mol. The van der Waals surface area contributed by atoms with E-state index in [0.717, 1.165) is 73.4 Å². The van der Waals surface area contributed by atoms with Gasteiger partial charge in [0.05, 0.1) is 28.0 Å². The van der Waals surface area contributed by atoms with Crippen LogP contribution in [0.25, 0.3) is 50.5 Å². The van der Waals surface area contributed by atoms with Crippen LogP contribution < -0.4 is 0 Å². The van der Waals surface area contributed by atoms with Crippen molar-refractivity contribution in [3.63, 3.8) is 0 Å². The second kappa shape index (κ2) is 9.74. The molecule has 0 unspecified atom stereocenters. The molecule has 5 nitrogen and oxygen atoms in total. The van der Waals surface area contributed by atoms with Crippen molar-refractivity contribution in [1.82, 2.24) is 14.5 Å². The Morgan fingerprint density at radius 2 is 1.48 bits per heavy atom. The van der Waals surface area contributed by atoms with Crippen molar-refractivity contribution < 1.29 is 0 Å². The van der Waals surface area contributed by atoms with Gasteiger partial charge in [-0.05, 0) is 54.8 Å². The minimum atomic E-state index is 0.341. The third kappa shape index (κ3) is 3.80. The van der Waals surface area contributed by atoms with Crippen LogP contribution in [0.1, 0.15) is 29.4 Å². The highest BCUT2D eigenvalue weighted by Crippen LogP contribution is 2.38. The van der Waals surface area contributed by atoms with Gasteiger partial charge in [0, 0.05) is 39.8 Å². The van der Waals surface area contributed by atoms with Gasteiger partial charge in [-0.3, -0.25) is 9.98 Å². The third-order valence-electron chi connectivity index (χ3n) is 7.49. The van der Waals surface area contributed by atoms with Crippen LogP contribution in [0.5, 0.6) is 0 Å². The SMILES string of the molecule is CCc1nc2ccccc2n1-c1ccc(C2=Cc3c(-c4ccccc4)nc4ccccc4c3C(=NS)C2=N)cc1. The largest absolute Gasteiger partial charge is 0.298 e. The van der Waals surface area contributed by atoms with Crippen LogP contribution in [0.15, 0.2) is 108 Å². The molecule has 0 spiro atoms. The number of aromatic nitrogens is 3. The van der Waals surface area contributed by atoms with Gasteiger partial charge in [0.25, 0.3) is 0 Å². The molecule has 0 bridgehead atoms. The van der Waals surface area contributed by atoms with Gasteiger partial charge in [0.15, 0.2) is 0 Å². The van der Waals surface area contributed by atoms with Gasteiger partial charge < -0.3 is 0 Å². The highest BCUT2D eigenvalue weighted by Gasteiger charge is 2.28. The Kier molecular flexibility index (Phi) is 5.90. The molecule has 0 saturated heterocycles. The van der Waals surface area contributed by atoms with Gasteiger partial charge >= 0.3 is 0 Å². The summed E-state index contributed by atoms with van der Waals surface area (Å²) in [6.07, 6.45) is 2.91. The van der Waals surface area contributed by atoms with E-state index in [9.17, 15) is 5.41 Å². The summed E-state index contributed by atoms with van der Waals surface area (Å²) in [6.45, 7) is 2.12. The molecular formula is C34H25N5S. The van der Waals surface area contributed by atoms with Crippen LogP contribution in [-0.2, 0) is 6.42 Å². The molecule has 2 aromatic heterocycles.